The molecule has 0 saturated heterocycles. The molecule has 0 radical (unpaired) electrons. The molecule has 1 heterocycles. The lowest BCUT2D eigenvalue weighted by Gasteiger charge is -2.35. The van der Waals surface area contributed by atoms with Gasteiger partial charge in [-0.15, -0.1) is 0 Å². The van der Waals surface area contributed by atoms with E-state index < -0.39 is 11.5 Å². The molecule has 1 fully saturated rings. The van der Waals surface area contributed by atoms with Crippen LogP contribution in [0.2, 0.25) is 0 Å². The van der Waals surface area contributed by atoms with Crippen LogP contribution in [0.3, 0.4) is 0 Å². The first-order chi connectivity index (χ1) is 8.18. The highest BCUT2D eigenvalue weighted by molar-refractivity contribution is 5.22. The van der Waals surface area contributed by atoms with E-state index in [0.29, 0.717) is 0 Å². The molecule has 0 amide bonds. The van der Waals surface area contributed by atoms with Gasteiger partial charge in [0.15, 0.2) is 0 Å². The SMILES string of the molecule is Cc1ccc(C(O)C2(C#N)CCCCC2)cn1. The molecule has 1 saturated carbocycles. The molecule has 3 nitrogen and oxygen atoms in total. The third-order valence-electron chi connectivity index (χ3n) is 3.74. The van der Waals surface area contributed by atoms with Gasteiger partial charge in [0.1, 0.15) is 0 Å². The first kappa shape index (κ1) is 12.1. The molecule has 1 aliphatic carbocycles. The van der Waals surface area contributed by atoms with E-state index >= 15 is 0 Å². The number of hydrogen-bond acceptors (Lipinski definition) is 3. The lowest BCUT2D eigenvalue weighted by Crippen LogP contribution is -2.30. The van der Waals surface area contributed by atoms with Gasteiger partial charge in [-0.05, 0) is 25.8 Å². The summed E-state index contributed by atoms with van der Waals surface area (Å²) in [5.74, 6) is 0. The Morgan fingerprint density at radius 3 is 2.59 bits per heavy atom. The van der Waals surface area contributed by atoms with Gasteiger partial charge < -0.3 is 5.11 Å². The van der Waals surface area contributed by atoms with Gasteiger partial charge in [-0.3, -0.25) is 4.98 Å². The Balaban J connectivity index is 2.25. The molecule has 1 N–H and O–H groups in total. The molecule has 1 aliphatic rings. The molecule has 90 valence electrons. The van der Waals surface area contributed by atoms with Crippen molar-refractivity contribution in [2.75, 3.05) is 0 Å². The second kappa shape index (κ2) is 4.85. The number of hydrogen-bond donors (Lipinski definition) is 1. The Labute approximate surface area is 102 Å². The second-order valence-corrected chi connectivity index (χ2v) is 4.96. The number of nitrogens with zero attached hydrogens (tertiary/aromatic N) is 2. The topological polar surface area (TPSA) is 56.9 Å². The summed E-state index contributed by atoms with van der Waals surface area (Å²) in [6.45, 7) is 1.91. The van der Waals surface area contributed by atoms with Crippen LogP contribution in [-0.2, 0) is 0 Å². The van der Waals surface area contributed by atoms with Gasteiger partial charge in [0.2, 0.25) is 0 Å². The van der Waals surface area contributed by atoms with Gasteiger partial charge in [0, 0.05) is 17.5 Å². The minimum absolute atomic E-state index is 0.602. The van der Waals surface area contributed by atoms with Gasteiger partial charge >= 0.3 is 0 Å². The average molecular weight is 230 g/mol. The number of rotatable bonds is 2. The fourth-order valence-corrected chi connectivity index (χ4v) is 2.59. The number of pyridine rings is 1. The molecule has 1 atom stereocenters. The number of aromatic nitrogens is 1. The number of nitriles is 1. The average Bonchev–Trinajstić information content (AvgIpc) is 2.39. The van der Waals surface area contributed by atoms with Gasteiger partial charge in [0.05, 0.1) is 17.6 Å². The zero-order chi connectivity index (χ0) is 12.3. The van der Waals surface area contributed by atoms with E-state index in [0.717, 1.165) is 36.9 Å². The maximum Gasteiger partial charge on any atom is 0.0991 e. The van der Waals surface area contributed by atoms with Crippen molar-refractivity contribution in [3.8, 4) is 6.07 Å². The normalized spacial score (nSPS) is 20.5. The summed E-state index contributed by atoms with van der Waals surface area (Å²) in [4.78, 5) is 4.19. The van der Waals surface area contributed by atoms with Crippen molar-refractivity contribution in [1.82, 2.24) is 4.98 Å². The smallest absolute Gasteiger partial charge is 0.0991 e. The standard InChI is InChI=1S/C14H18N2O/c1-11-5-6-12(9-16-11)13(17)14(10-15)7-3-2-4-8-14/h5-6,9,13,17H,2-4,7-8H2,1H3. The predicted molar refractivity (Wildman–Crippen MR) is 65.1 cm³/mol. The molecule has 0 aliphatic heterocycles. The minimum Gasteiger partial charge on any atom is -0.387 e. The molecule has 3 heteroatoms. The van der Waals surface area contributed by atoms with Crippen LogP contribution in [-0.4, -0.2) is 10.1 Å². The Hall–Kier alpha value is -1.40. The van der Waals surface area contributed by atoms with E-state index in [1.165, 1.54) is 6.42 Å². The second-order valence-electron chi connectivity index (χ2n) is 4.96. The highest BCUT2D eigenvalue weighted by atomic mass is 16.3. The Morgan fingerprint density at radius 2 is 2.06 bits per heavy atom. The summed E-state index contributed by atoms with van der Waals surface area (Å²) in [7, 11) is 0. The highest BCUT2D eigenvalue weighted by Gasteiger charge is 2.40. The van der Waals surface area contributed by atoms with Crippen LogP contribution in [0.4, 0.5) is 0 Å². The first-order valence-electron chi connectivity index (χ1n) is 6.20. The lowest BCUT2D eigenvalue weighted by molar-refractivity contribution is 0.0357. The van der Waals surface area contributed by atoms with Crippen molar-refractivity contribution >= 4 is 0 Å². The van der Waals surface area contributed by atoms with E-state index in [1.807, 2.05) is 19.1 Å². The Kier molecular flexibility index (Phi) is 3.44. The summed E-state index contributed by atoms with van der Waals surface area (Å²) in [5, 5.41) is 19.8. The maximum absolute atomic E-state index is 10.4. The first-order valence-corrected chi connectivity index (χ1v) is 6.20. The molecular weight excluding hydrogens is 212 g/mol. The highest BCUT2D eigenvalue weighted by Crippen LogP contribution is 2.45. The fourth-order valence-electron chi connectivity index (χ4n) is 2.59. The third kappa shape index (κ3) is 2.32. The largest absolute Gasteiger partial charge is 0.387 e. The van der Waals surface area contributed by atoms with E-state index in [4.69, 9.17) is 0 Å². The fraction of sp³-hybridized carbons (Fsp3) is 0.571. The summed E-state index contributed by atoms with van der Waals surface area (Å²) in [6.07, 6.45) is 5.79. The van der Waals surface area contributed by atoms with Crippen LogP contribution in [0.25, 0.3) is 0 Å². The molecule has 1 unspecified atom stereocenters. The van der Waals surface area contributed by atoms with Crippen LogP contribution < -0.4 is 0 Å². The van der Waals surface area contributed by atoms with Crippen molar-refractivity contribution < 1.29 is 5.11 Å². The van der Waals surface area contributed by atoms with E-state index in [9.17, 15) is 10.4 Å². The molecule has 0 spiro atoms. The molecule has 0 aromatic carbocycles. The van der Waals surface area contributed by atoms with Gasteiger partial charge in [-0.2, -0.15) is 5.26 Å². The van der Waals surface area contributed by atoms with Crippen molar-refractivity contribution in [3.05, 3.63) is 29.6 Å². The summed E-state index contributed by atoms with van der Waals surface area (Å²) < 4.78 is 0. The zero-order valence-corrected chi connectivity index (χ0v) is 10.2. The van der Waals surface area contributed by atoms with Crippen LogP contribution in [0, 0.1) is 23.7 Å². The predicted octanol–water partition coefficient (Wildman–Crippen LogP) is 2.90. The van der Waals surface area contributed by atoms with Gasteiger partial charge in [0.25, 0.3) is 0 Å². The molecule has 0 bridgehead atoms. The van der Waals surface area contributed by atoms with Crippen LogP contribution in [0.1, 0.15) is 49.5 Å². The quantitative estimate of drug-likeness (QED) is 0.849. The Bertz CT molecular complexity index is 413. The summed E-state index contributed by atoms with van der Waals surface area (Å²) >= 11 is 0. The van der Waals surface area contributed by atoms with Crippen molar-refractivity contribution in [3.63, 3.8) is 0 Å². The molecule has 1 aromatic rings. The summed E-state index contributed by atoms with van der Waals surface area (Å²) in [5.41, 5.74) is 1.09. The van der Waals surface area contributed by atoms with Crippen molar-refractivity contribution in [1.29, 1.82) is 5.26 Å². The maximum atomic E-state index is 10.4. The van der Waals surface area contributed by atoms with Crippen LogP contribution in [0.15, 0.2) is 18.3 Å². The van der Waals surface area contributed by atoms with Crippen LogP contribution in [0.5, 0.6) is 0 Å². The third-order valence-corrected chi connectivity index (χ3v) is 3.74. The van der Waals surface area contributed by atoms with Crippen molar-refractivity contribution in [2.24, 2.45) is 5.41 Å². The van der Waals surface area contributed by atoms with Gasteiger partial charge in [-0.25, -0.2) is 0 Å². The monoisotopic (exact) mass is 230 g/mol. The van der Waals surface area contributed by atoms with Crippen molar-refractivity contribution in [2.45, 2.75) is 45.1 Å². The molecule has 1 aromatic heterocycles. The Morgan fingerprint density at radius 1 is 1.35 bits per heavy atom. The van der Waals surface area contributed by atoms with E-state index in [1.54, 1.807) is 6.20 Å². The van der Waals surface area contributed by atoms with E-state index in [-0.39, 0.29) is 0 Å². The molecule has 17 heavy (non-hydrogen) atoms. The van der Waals surface area contributed by atoms with E-state index in [2.05, 4.69) is 11.1 Å². The summed E-state index contributed by atoms with van der Waals surface area (Å²) in [6, 6.07) is 6.11. The molecule has 2 rings (SSSR count). The number of aryl methyl sites for hydroxylation is 1. The number of aliphatic hydroxyl groups is 1. The van der Waals surface area contributed by atoms with Crippen LogP contribution >= 0.6 is 0 Å². The molecular formula is C14H18N2O. The van der Waals surface area contributed by atoms with Gasteiger partial charge in [-0.1, -0.05) is 25.3 Å². The zero-order valence-electron chi connectivity index (χ0n) is 10.2. The lowest BCUT2D eigenvalue weighted by atomic mass is 9.70. The number of aliphatic hydroxyl groups excluding tert-OH is 1. The minimum atomic E-state index is -0.708.